The molecule has 1 heterocycles. The summed E-state index contributed by atoms with van der Waals surface area (Å²) in [5.41, 5.74) is 0.785. The lowest BCUT2D eigenvalue weighted by atomic mass is 10.2. The predicted octanol–water partition coefficient (Wildman–Crippen LogP) is 3.75. The van der Waals surface area contributed by atoms with Crippen LogP contribution in [0.2, 0.25) is 0 Å². The van der Waals surface area contributed by atoms with Gasteiger partial charge in [0.2, 0.25) is 5.91 Å². The van der Waals surface area contributed by atoms with Crippen LogP contribution < -0.4 is 0 Å². The molecule has 0 saturated carbocycles. The Hall–Kier alpha value is -1.89. The fourth-order valence-electron chi connectivity index (χ4n) is 2.79. The van der Waals surface area contributed by atoms with Crippen molar-refractivity contribution in [2.24, 2.45) is 7.05 Å². The van der Waals surface area contributed by atoms with Crippen LogP contribution in [0.3, 0.4) is 0 Å². The molecule has 1 aromatic carbocycles. The van der Waals surface area contributed by atoms with Gasteiger partial charge < -0.3 is 9.47 Å². The lowest BCUT2D eigenvalue weighted by Gasteiger charge is -2.32. The first-order valence-electron chi connectivity index (χ1n) is 8.36. The number of aromatic nitrogens is 3. The summed E-state index contributed by atoms with van der Waals surface area (Å²) < 4.78 is 14.9. The van der Waals surface area contributed by atoms with E-state index in [1.165, 1.54) is 23.9 Å². The molecule has 0 bridgehead atoms. The number of rotatable bonds is 6. The fourth-order valence-corrected chi connectivity index (χ4v) is 3.66. The Morgan fingerprint density at radius 3 is 2.16 bits per heavy atom. The highest BCUT2D eigenvalue weighted by molar-refractivity contribution is 8.00. The van der Waals surface area contributed by atoms with Crippen LogP contribution in [-0.2, 0) is 11.8 Å². The van der Waals surface area contributed by atoms with Crippen molar-refractivity contribution in [3.63, 3.8) is 0 Å². The molecule has 0 radical (unpaired) electrons. The number of halogens is 1. The van der Waals surface area contributed by atoms with E-state index >= 15 is 0 Å². The smallest absolute Gasteiger partial charge is 0.236 e. The fraction of sp³-hybridized carbons (Fsp3) is 0.500. The second-order valence-electron chi connectivity index (χ2n) is 6.57. The molecule has 25 heavy (non-hydrogen) atoms. The van der Waals surface area contributed by atoms with Crippen LogP contribution in [0, 0.1) is 5.82 Å². The number of carbonyl (C=O) groups is 1. The van der Waals surface area contributed by atoms with Gasteiger partial charge in [-0.1, -0.05) is 11.8 Å². The van der Waals surface area contributed by atoms with E-state index in [0.29, 0.717) is 11.0 Å². The zero-order chi connectivity index (χ0) is 18.7. The molecule has 2 aromatic rings. The molecule has 0 saturated heterocycles. The Bertz CT molecular complexity index is 719. The number of hydrogen-bond donors (Lipinski definition) is 0. The van der Waals surface area contributed by atoms with Gasteiger partial charge in [-0.05, 0) is 58.9 Å². The van der Waals surface area contributed by atoms with Gasteiger partial charge in [-0.15, -0.1) is 10.2 Å². The van der Waals surface area contributed by atoms with Crippen LogP contribution in [-0.4, -0.2) is 42.9 Å². The van der Waals surface area contributed by atoms with E-state index in [4.69, 9.17) is 0 Å². The third kappa shape index (κ3) is 4.39. The van der Waals surface area contributed by atoms with E-state index in [1.807, 2.05) is 51.1 Å². The summed E-state index contributed by atoms with van der Waals surface area (Å²) in [6.07, 6.45) is 0. The molecule has 1 atom stereocenters. The second-order valence-corrected chi connectivity index (χ2v) is 7.87. The standard InChI is InChI=1S/C18H25FN4OS/c1-11(2)23(12(3)4)17(24)13(5)25-18-21-20-16(22(18)6)14-7-9-15(19)10-8-14/h7-13H,1-6H3/t13-/m1/s1. The molecule has 2 rings (SSSR count). The Kier molecular flexibility index (Phi) is 6.21. The molecule has 0 N–H and O–H groups in total. The second kappa shape index (κ2) is 7.99. The summed E-state index contributed by atoms with van der Waals surface area (Å²) >= 11 is 1.38. The summed E-state index contributed by atoms with van der Waals surface area (Å²) in [5.74, 6) is 0.440. The average Bonchev–Trinajstić information content (AvgIpc) is 2.88. The van der Waals surface area contributed by atoms with Crippen LogP contribution in [0.15, 0.2) is 29.4 Å². The van der Waals surface area contributed by atoms with Gasteiger partial charge in [0.05, 0.1) is 5.25 Å². The first kappa shape index (κ1) is 19.4. The van der Waals surface area contributed by atoms with Crippen LogP contribution in [0.4, 0.5) is 4.39 Å². The Morgan fingerprint density at radius 2 is 1.64 bits per heavy atom. The van der Waals surface area contributed by atoms with Crippen molar-refractivity contribution >= 4 is 17.7 Å². The van der Waals surface area contributed by atoms with Crippen molar-refractivity contribution in [3.05, 3.63) is 30.1 Å². The van der Waals surface area contributed by atoms with Crippen LogP contribution >= 0.6 is 11.8 Å². The van der Waals surface area contributed by atoms with Gasteiger partial charge in [0.1, 0.15) is 5.82 Å². The molecule has 0 aliphatic rings. The predicted molar refractivity (Wildman–Crippen MR) is 98.8 cm³/mol. The third-order valence-electron chi connectivity index (χ3n) is 3.93. The minimum Gasteiger partial charge on any atom is -0.337 e. The minimum atomic E-state index is -0.290. The molecule has 0 fully saturated rings. The van der Waals surface area contributed by atoms with Gasteiger partial charge in [0.15, 0.2) is 11.0 Å². The number of nitrogens with zero attached hydrogens (tertiary/aromatic N) is 4. The van der Waals surface area contributed by atoms with Crippen molar-refractivity contribution in [2.75, 3.05) is 0 Å². The van der Waals surface area contributed by atoms with Gasteiger partial charge in [-0.25, -0.2) is 4.39 Å². The monoisotopic (exact) mass is 364 g/mol. The summed E-state index contributed by atoms with van der Waals surface area (Å²) in [7, 11) is 1.85. The van der Waals surface area contributed by atoms with Gasteiger partial charge >= 0.3 is 0 Å². The van der Waals surface area contributed by atoms with Gasteiger partial charge in [-0.3, -0.25) is 4.79 Å². The normalized spacial score (nSPS) is 12.7. The molecule has 136 valence electrons. The van der Waals surface area contributed by atoms with Gasteiger partial charge in [-0.2, -0.15) is 0 Å². The van der Waals surface area contributed by atoms with Crippen LogP contribution in [0.5, 0.6) is 0 Å². The first-order valence-corrected chi connectivity index (χ1v) is 9.24. The molecule has 5 nitrogen and oxygen atoms in total. The Labute approximate surface area is 152 Å². The molecule has 1 aromatic heterocycles. The Balaban J connectivity index is 2.18. The molecule has 1 amide bonds. The first-order chi connectivity index (χ1) is 11.7. The zero-order valence-electron chi connectivity index (χ0n) is 15.5. The maximum atomic E-state index is 13.1. The molecule has 0 spiro atoms. The third-order valence-corrected chi connectivity index (χ3v) is 5.06. The largest absolute Gasteiger partial charge is 0.337 e. The highest BCUT2D eigenvalue weighted by atomic mass is 32.2. The van der Waals surface area contributed by atoms with Crippen molar-refractivity contribution in [1.82, 2.24) is 19.7 Å². The topological polar surface area (TPSA) is 51.0 Å². The molecule has 0 aliphatic carbocycles. The number of benzene rings is 1. The van der Waals surface area contributed by atoms with E-state index in [2.05, 4.69) is 10.2 Å². The Morgan fingerprint density at radius 1 is 1.08 bits per heavy atom. The van der Waals surface area contributed by atoms with E-state index in [0.717, 1.165) is 5.56 Å². The SMILES string of the molecule is CC(C)N(C(=O)[C@@H](C)Sc1nnc(-c2ccc(F)cc2)n1C)C(C)C. The zero-order valence-corrected chi connectivity index (χ0v) is 16.3. The summed E-state index contributed by atoms with van der Waals surface area (Å²) in [6, 6.07) is 6.41. The maximum absolute atomic E-state index is 13.1. The molecular weight excluding hydrogens is 339 g/mol. The average molecular weight is 364 g/mol. The van der Waals surface area contributed by atoms with E-state index < -0.39 is 0 Å². The van der Waals surface area contributed by atoms with Crippen molar-refractivity contribution in [1.29, 1.82) is 0 Å². The van der Waals surface area contributed by atoms with Crippen molar-refractivity contribution in [2.45, 2.75) is 57.1 Å². The molecule has 0 aliphatic heterocycles. The number of carbonyl (C=O) groups excluding carboxylic acids is 1. The van der Waals surface area contributed by atoms with Crippen LogP contribution in [0.1, 0.15) is 34.6 Å². The van der Waals surface area contributed by atoms with E-state index in [1.54, 1.807) is 12.1 Å². The molecular formula is C18H25FN4OS. The minimum absolute atomic E-state index is 0.0846. The van der Waals surface area contributed by atoms with E-state index in [-0.39, 0.29) is 29.1 Å². The van der Waals surface area contributed by atoms with E-state index in [9.17, 15) is 9.18 Å². The number of amides is 1. The van der Waals surface area contributed by atoms with Crippen LogP contribution in [0.25, 0.3) is 11.4 Å². The highest BCUT2D eigenvalue weighted by Crippen LogP contribution is 2.27. The van der Waals surface area contributed by atoms with Crippen molar-refractivity contribution in [3.8, 4) is 11.4 Å². The van der Waals surface area contributed by atoms with Gasteiger partial charge in [0, 0.05) is 24.7 Å². The number of hydrogen-bond acceptors (Lipinski definition) is 4. The number of thioether (sulfide) groups is 1. The lowest BCUT2D eigenvalue weighted by Crippen LogP contribution is -2.45. The summed E-state index contributed by atoms with van der Waals surface area (Å²) in [4.78, 5) is 14.6. The van der Waals surface area contributed by atoms with Gasteiger partial charge in [0.25, 0.3) is 0 Å². The van der Waals surface area contributed by atoms with Crippen molar-refractivity contribution < 1.29 is 9.18 Å². The lowest BCUT2D eigenvalue weighted by molar-refractivity contribution is -0.133. The highest BCUT2D eigenvalue weighted by Gasteiger charge is 2.27. The maximum Gasteiger partial charge on any atom is 0.236 e. The summed E-state index contributed by atoms with van der Waals surface area (Å²) in [6.45, 7) is 9.96. The molecule has 7 heteroatoms. The quantitative estimate of drug-likeness (QED) is 0.733. The molecule has 0 unspecified atom stereocenters. The summed E-state index contributed by atoms with van der Waals surface area (Å²) in [5, 5.41) is 8.78.